The van der Waals surface area contributed by atoms with Gasteiger partial charge in [0.05, 0.1) is 6.20 Å². The van der Waals surface area contributed by atoms with Crippen molar-refractivity contribution < 1.29 is 9.90 Å². The fourth-order valence-electron chi connectivity index (χ4n) is 1.16. The highest BCUT2D eigenvalue weighted by Gasteiger charge is 2.15. The second kappa shape index (κ2) is 4.57. The van der Waals surface area contributed by atoms with Gasteiger partial charge in [0.25, 0.3) is 0 Å². The lowest BCUT2D eigenvalue weighted by molar-refractivity contribution is 0.0677. The van der Waals surface area contributed by atoms with E-state index in [-0.39, 0.29) is 11.5 Å². The SMILES string of the molecule is CN(C)CCn1c(C#N)cnc1C(=O)O. The fourth-order valence-corrected chi connectivity index (χ4v) is 1.16. The maximum Gasteiger partial charge on any atom is 0.372 e. The Morgan fingerprint density at radius 3 is 2.87 bits per heavy atom. The fraction of sp³-hybridized carbons (Fsp3) is 0.444. The van der Waals surface area contributed by atoms with E-state index in [0.717, 1.165) is 0 Å². The minimum atomic E-state index is -1.12. The molecule has 0 aliphatic heterocycles. The molecular weight excluding hydrogens is 196 g/mol. The Bertz CT molecular complexity index is 403. The van der Waals surface area contributed by atoms with Crippen molar-refractivity contribution in [2.75, 3.05) is 20.6 Å². The molecule has 1 rings (SSSR count). The number of nitrogens with zero attached hydrogens (tertiary/aromatic N) is 4. The molecule has 1 aromatic rings. The Morgan fingerprint density at radius 2 is 2.40 bits per heavy atom. The minimum Gasteiger partial charge on any atom is -0.475 e. The lowest BCUT2D eigenvalue weighted by Gasteiger charge is -2.11. The van der Waals surface area contributed by atoms with Gasteiger partial charge in [0.2, 0.25) is 5.82 Å². The van der Waals surface area contributed by atoms with Gasteiger partial charge in [-0.05, 0) is 14.1 Å². The number of carboxylic acid groups (broad SMARTS) is 1. The molecule has 0 spiro atoms. The average Bonchev–Trinajstić information content (AvgIpc) is 2.57. The van der Waals surface area contributed by atoms with Crippen LogP contribution < -0.4 is 0 Å². The van der Waals surface area contributed by atoms with Crippen molar-refractivity contribution >= 4 is 5.97 Å². The van der Waals surface area contributed by atoms with Crippen molar-refractivity contribution in [1.82, 2.24) is 14.5 Å². The van der Waals surface area contributed by atoms with Crippen molar-refractivity contribution in [3.05, 3.63) is 17.7 Å². The van der Waals surface area contributed by atoms with Gasteiger partial charge in [-0.15, -0.1) is 0 Å². The van der Waals surface area contributed by atoms with Crippen LogP contribution in [-0.2, 0) is 6.54 Å². The molecule has 1 aromatic heterocycles. The summed E-state index contributed by atoms with van der Waals surface area (Å²) in [6.07, 6.45) is 1.28. The van der Waals surface area contributed by atoms with Crippen molar-refractivity contribution in [3.8, 4) is 6.07 Å². The summed E-state index contributed by atoms with van der Waals surface area (Å²) >= 11 is 0. The molecule has 0 radical (unpaired) electrons. The molecule has 15 heavy (non-hydrogen) atoms. The van der Waals surface area contributed by atoms with Crippen LogP contribution in [0.5, 0.6) is 0 Å². The Balaban J connectivity index is 2.96. The molecule has 0 fully saturated rings. The van der Waals surface area contributed by atoms with Gasteiger partial charge in [0.1, 0.15) is 11.8 Å². The number of hydrogen-bond donors (Lipinski definition) is 1. The Labute approximate surface area is 87.4 Å². The first-order valence-electron chi connectivity index (χ1n) is 4.40. The topological polar surface area (TPSA) is 82.2 Å². The highest BCUT2D eigenvalue weighted by atomic mass is 16.4. The summed E-state index contributed by atoms with van der Waals surface area (Å²) in [5.74, 6) is -1.20. The summed E-state index contributed by atoms with van der Waals surface area (Å²) < 4.78 is 1.41. The number of carboxylic acids is 1. The molecule has 1 heterocycles. The maximum atomic E-state index is 10.8. The summed E-state index contributed by atoms with van der Waals surface area (Å²) in [5.41, 5.74) is 0.272. The van der Waals surface area contributed by atoms with Crippen LogP contribution in [0.25, 0.3) is 0 Å². The maximum absolute atomic E-state index is 10.8. The molecular formula is C9H12N4O2. The molecule has 80 valence electrons. The molecule has 0 atom stereocenters. The third-order valence-electron chi connectivity index (χ3n) is 1.93. The largest absolute Gasteiger partial charge is 0.475 e. The standard InChI is InChI=1S/C9H12N4O2/c1-12(2)3-4-13-7(5-10)6-11-8(13)9(14)15/h6H,3-4H2,1-2H3,(H,14,15). The minimum absolute atomic E-state index is 0.0894. The number of aromatic carboxylic acids is 1. The molecule has 0 bridgehead atoms. The van der Waals surface area contributed by atoms with Crippen LogP contribution in [0.2, 0.25) is 0 Å². The lowest BCUT2D eigenvalue weighted by atomic mass is 10.4. The second-order valence-corrected chi connectivity index (χ2v) is 3.34. The molecule has 0 saturated carbocycles. The molecule has 0 saturated heterocycles. The van der Waals surface area contributed by atoms with E-state index in [9.17, 15) is 4.79 Å². The summed E-state index contributed by atoms with van der Waals surface area (Å²) in [6.45, 7) is 1.10. The monoisotopic (exact) mass is 208 g/mol. The van der Waals surface area contributed by atoms with Crippen molar-refractivity contribution in [1.29, 1.82) is 5.26 Å². The molecule has 0 aromatic carbocycles. The molecule has 0 aliphatic carbocycles. The molecule has 6 heteroatoms. The van der Waals surface area contributed by atoms with E-state index in [1.54, 1.807) is 0 Å². The van der Waals surface area contributed by atoms with Crippen molar-refractivity contribution in [2.45, 2.75) is 6.54 Å². The van der Waals surface area contributed by atoms with Gasteiger partial charge in [0.15, 0.2) is 0 Å². The molecule has 0 aliphatic rings. The van der Waals surface area contributed by atoms with Crippen LogP contribution in [0.3, 0.4) is 0 Å². The van der Waals surface area contributed by atoms with E-state index in [2.05, 4.69) is 4.98 Å². The molecule has 6 nitrogen and oxygen atoms in total. The predicted molar refractivity (Wildman–Crippen MR) is 52.5 cm³/mol. The van der Waals surface area contributed by atoms with Crippen LogP contribution in [0.4, 0.5) is 0 Å². The zero-order chi connectivity index (χ0) is 11.4. The van der Waals surface area contributed by atoms with Gasteiger partial charge >= 0.3 is 5.97 Å². The van der Waals surface area contributed by atoms with Gasteiger partial charge in [0, 0.05) is 13.1 Å². The van der Waals surface area contributed by atoms with Gasteiger partial charge in [-0.1, -0.05) is 0 Å². The number of carbonyl (C=O) groups is 1. The zero-order valence-electron chi connectivity index (χ0n) is 8.64. The van der Waals surface area contributed by atoms with Crippen LogP contribution in [0.15, 0.2) is 6.20 Å². The smallest absolute Gasteiger partial charge is 0.372 e. The summed E-state index contributed by atoms with van der Waals surface area (Å²) in [6, 6.07) is 1.91. The van der Waals surface area contributed by atoms with Gasteiger partial charge < -0.3 is 14.6 Å². The number of nitriles is 1. The normalized spacial score (nSPS) is 10.3. The Morgan fingerprint density at radius 1 is 1.73 bits per heavy atom. The van der Waals surface area contributed by atoms with Gasteiger partial charge in [-0.25, -0.2) is 9.78 Å². The van der Waals surface area contributed by atoms with E-state index in [1.165, 1.54) is 10.8 Å². The van der Waals surface area contributed by atoms with Gasteiger partial charge in [-0.3, -0.25) is 0 Å². The molecule has 0 amide bonds. The number of hydrogen-bond acceptors (Lipinski definition) is 4. The van der Waals surface area contributed by atoms with Crippen LogP contribution in [-0.4, -0.2) is 46.2 Å². The van der Waals surface area contributed by atoms with Crippen LogP contribution in [0.1, 0.15) is 16.3 Å². The first kappa shape index (κ1) is 11.2. The first-order valence-corrected chi connectivity index (χ1v) is 4.40. The Hall–Kier alpha value is -1.87. The average molecular weight is 208 g/mol. The number of rotatable bonds is 4. The highest BCUT2D eigenvalue weighted by Crippen LogP contribution is 2.04. The van der Waals surface area contributed by atoms with E-state index in [0.29, 0.717) is 13.1 Å². The second-order valence-electron chi connectivity index (χ2n) is 3.34. The van der Waals surface area contributed by atoms with Crippen molar-refractivity contribution in [3.63, 3.8) is 0 Å². The summed E-state index contributed by atoms with van der Waals surface area (Å²) in [5, 5.41) is 17.6. The number of likely N-dealkylation sites (N-methyl/N-ethyl adjacent to an activating group) is 1. The van der Waals surface area contributed by atoms with Crippen LogP contribution in [0, 0.1) is 11.3 Å². The number of imidazole rings is 1. The lowest BCUT2D eigenvalue weighted by Crippen LogP contribution is -2.21. The summed E-state index contributed by atoms with van der Waals surface area (Å²) in [7, 11) is 3.76. The predicted octanol–water partition coefficient (Wildman–Crippen LogP) is 0.0146. The van der Waals surface area contributed by atoms with E-state index >= 15 is 0 Å². The summed E-state index contributed by atoms with van der Waals surface area (Å²) in [4.78, 5) is 16.4. The van der Waals surface area contributed by atoms with E-state index in [4.69, 9.17) is 10.4 Å². The van der Waals surface area contributed by atoms with Gasteiger partial charge in [-0.2, -0.15) is 5.26 Å². The van der Waals surface area contributed by atoms with Crippen molar-refractivity contribution in [2.24, 2.45) is 0 Å². The Kier molecular flexibility index (Phi) is 3.42. The van der Waals surface area contributed by atoms with E-state index < -0.39 is 5.97 Å². The number of aromatic nitrogens is 2. The third kappa shape index (κ3) is 2.54. The quantitative estimate of drug-likeness (QED) is 0.754. The van der Waals surface area contributed by atoms with Crippen LogP contribution >= 0.6 is 0 Å². The molecule has 0 unspecified atom stereocenters. The zero-order valence-corrected chi connectivity index (χ0v) is 8.64. The first-order chi connectivity index (χ1) is 7.06. The molecule has 1 N–H and O–H groups in total. The van der Waals surface area contributed by atoms with E-state index in [1.807, 2.05) is 25.1 Å². The highest BCUT2D eigenvalue weighted by molar-refractivity contribution is 5.83. The third-order valence-corrected chi connectivity index (χ3v) is 1.93.